The molecule has 0 unspecified atom stereocenters. The Balaban J connectivity index is 2.15. The molecule has 0 aliphatic rings. The molecule has 0 heterocycles. The molecule has 2 aromatic carbocycles. The Kier molecular flexibility index (Phi) is 7.20. The van der Waals surface area contributed by atoms with E-state index < -0.39 is 0 Å². The molecule has 0 radical (unpaired) electrons. The van der Waals surface area contributed by atoms with E-state index in [1.165, 1.54) is 0 Å². The van der Waals surface area contributed by atoms with Crippen molar-refractivity contribution in [2.24, 2.45) is 0 Å². The van der Waals surface area contributed by atoms with Crippen molar-refractivity contribution in [2.75, 3.05) is 32.7 Å². The van der Waals surface area contributed by atoms with Crippen LogP contribution >= 0.6 is 22.6 Å². The first-order valence-electron chi connectivity index (χ1n) is 7.58. The van der Waals surface area contributed by atoms with Crippen molar-refractivity contribution in [1.29, 1.82) is 0 Å². The highest BCUT2D eigenvalue weighted by atomic mass is 127. The monoisotopic (exact) mass is 454 g/mol. The first-order chi connectivity index (χ1) is 12.1. The van der Waals surface area contributed by atoms with E-state index >= 15 is 0 Å². The molecule has 0 saturated carbocycles. The van der Waals surface area contributed by atoms with Crippen LogP contribution in [0.2, 0.25) is 0 Å². The molecule has 0 spiro atoms. The Labute approximate surface area is 160 Å². The van der Waals surface area contributed by atoms with E-state index in [0.717, 1.165) is 3.57 Å². The smallest absolute Gasteiger partial charge is 0.255 e. The van der Waals surface area contributed by atoms with Gasteiger partial charge in [0.25, 0.3) is 11.8 Å². The summed E-state index contributed by atoms with van der Waals surface area (Å²) in [5.41, 5.74) is 1.34. The SMILES string of the molecule is COCCNC(=O)c1ccccc1NC(=O)c1ccc(OC)c(I)c1. The fourth-order valence-electron chi connectivity index (χ4n) is 2.15. The van der Waals surface area contributed by atoms with Gasteiger partial charge in [-0.25, -0.2) is 0 Å². The summed E-state index contributed by atoms with van der Waals surface area (Å²) in [6, 6.07) is 12.0. The predicted octanol–water partition coefficient (Wildman–Crippen LogP) is 2.93. The molecule has 25 heavy (non-hydrogen) atoms. The van der Waals surface area contributed by atoms with E-state index in [1.54, 1.807) is 56.7 Å². The van der Waals surface area contributed by atoms with Crippen LogP contribution in [0, 0.1) is 3.57 Å². The Morgan fingerprint density at radius 3 is 2.52 bits per heavy atom. The lowest BCUT2D eigenvalue weighted by molar-refractivity contribution is 0.0938. The third-order valence-electron chi connectivity index (χ3n) is 3.43. The number of halogens is 1. The number of rotatable bonds is 7. The van der Waals surface area contributed by atoms with Gasteiger partial charge in [0.2, 0.25) is 0 Å². The molecule has 0 fully saturated rings. The zero-order valence-corrected chi connectivity index (χ0v) is 16.1. The lowest BCUT2D eigenvalue weighted by Gasteiger charge is -2.12. The Morgan fingerprint density at radius 2 is 1.84 bits per heavy atom. The Bertz CT molecular complexity index is 764. The van der Waals surface area contributed by atoms with Crippen LogP contribution in [-0.2, 0) is 4.74 Å². The van der Waals surface area contributed by atoms with Crippen molar-refractivity contribution in [3.05, 3.63) is 57.2 Å². The zero-order valence-electron chi connectivity index (χ0n) is 14.0. The zero-order chi connectivity index (χ0) is 18.2. The van der Waals surface area contributed by atoms with Gasteiger partial charge in [0.1, 0.15) is 5.75 Å². The number of carbonyl (C=O) groups excluding carboxylic acids is 2. The molecule has 2 amide bonds. The van der Waals surface area contributed by atoms with Gasteiger partial charge in [0, 0.05) is 19.2 Å². The fraction of sp³-hybridized carbons (Fsp3) is 0.222. The second-order valence-corrected chi connectivity index (χ2v) is 6.26. The maximum absolute atomic E-state index is 12.5. The van der Waals surface area contributed by atoms with Crippen molar-refractivity contribution in [1.82, 2.24) is 5.32 Å². The minimum Gasteiger partial charge on any atom is -0.496 e. The molecule has 0 aromatic heterocycles. The van der Waals surface area contributed by atoms with Gasteiger partial charge in [-0.3, -0.25) is 9.59 Å². The number of amides is 2. The molecule has 0 aliphatic heterocycles. The van der Waals surface area contributed by atoms with Crippen LogP contribution in [-0.4, -0.2) is 39.2 Å². The molecule has 0 bridgehead atoms. The van der Waals surface area contributed by atoms with Gasteiger partial charge in [0.05, 0.1) is 28.5 Å². The minimum absolute atomic E-state index is 0.266. The summed E-state index contributed by atoms with van der Waals surface area (Å²) in [6.07, 6.45) is 0. The number of hydrogen-bond acceptors (Lipinski definition) is 4. The molecule has 2 N–H and O–H groups in total. The highest BCUT2D eigenvalue weighted by Crippen LogP contribution is 2.23. The van der Waals surface area contributed by atoms with Gasteiger partial charge in [-0.15, -0.1) is 0 Å². The third kappa shape index (κ3) is 5.17. The lowest BCUT2D eigenvalue weighted by atomic mass is 10.1. The summed E-state index contributed by atoms with van der Waals surface area (Å²) in [6.45, 7) is 0.818. The van der Waals surface area contributed by atoms with Gasteiger partial charge in [0.15, 0.2) is 0 Å². The highest BCUT2D eigenvalue weighted by Gasteiger charge is 2.14. The van der Waals surface area contributed by atoms with E-state index in [2.05, 4.69) is 33.2 Å². The van der Waals surface area contributed by atoms with Crippen LogP contribution in [0.25, 0.3) is 0 Å². The maximum atomic E-state index is 12.5. The van der Waals surface area contributed by atoms with Gasteiger partial charge in [-0.05, 0) is 52.9 Å². The van der Waals surface area contributed by atoms with E-state index in [9.17, 15) is 9.59 Å². The highest BCUT2D eigenvalue weighted by molar-refractivity contribution is 14.1. The number of carbonyl (C=O) groups is 2. The number of methoxy groups -OCH3 is 2. The van der Waals surface area contributed by atoms with Crippen molar-refractivity contribution >= 4 is 40.1 Å². The first-order valence-corrected chi connectivity index (χ1v) is 8.65. The second kappa shape index (κ2) is 9.38. The van der Waals surface area contributed by atoms with E-state index in [0.29, 0.717) is 35.7 Å². The summed E-state index contributed by atoms with van der Waals surface area (Å²) >= 11 is 2.11. The molecule has 0 atom stereocenters. The number of para-hydroxylation sites is 1. The largest absolute Gasteiger partial charge is 0.496 e. The molecular weight excluding hydrogens is 435 g/mol. The average molecular weight is 454 g/mol. The van der Waals surface area contributed by atoms with Crippen molar-refractivity contribution in [3.8, 4) is 5.75 Å². The predicted molar refractivity (Wildman–Crippen MR) is 104 cm³/mol. The van der Waals surface area contributed by atoms with Gasteiger partial charge >= 0.3 is 0 Å². The topological polar surface area (TPSA) is 76.7 Å². The summed E-state index contributed by atoms with van der Waals surface area (Å²) in [4.78, 5) is 24.8. The standard InChI is InChI=1S/C18H19IN2O4/c1-24-10-9-20-18(23)13-5-3-4-6-15(13)21-17(22)12-7-8-16(25-2)14(19)11-12/h3-8,11H,9-10H2,1-2H3,(H,20,23)(H,21,22). The van der Waals surface area contributed by atoms with Crippen LogP contribution in [0.3, 0.4) is 0 Å². The Morgan fingerprint density at radius 1 is 1.08 bits per heavy atom. The second-order valence-electron chi connectivity index (χ2n) is 5.10. The lowest BCUT2D eigenvalue weighted by Crippen LogP contribution is -2.28. The molecule has 132 valence electrons. The molecule has 7 heteroatoms. The summed E-state index contributed by atoms with van der Waals surface area (Å²) in [7, 11) is 3.15. The molecule has 0 aliphatic carbocycles. The van der Waals surface area contributed by atoms with Crippen LogP contribution in [0.4, 0.5) is 5.69 Å². The van der Waals surface area contributed by atoms with Crippen LogP contribution < -0.4 is 15.4 Å². The number of anilines is 1. The van der Waals surface area contributed by atoms with E-state index in [4.69, 9.17) is 9.47 Å². The quantitative estimate of drug-likeness (QED) is 0.499. The van der Waals surface area contributed by atoms with Crippen LogP contribution in [0.15, 0.2) is 42.5 Å². The summed E-state index contributed by atoms with van der Waals surface area (Å²) in [5.74, 6) is 0.144. The molecule has 2 aromatic rings. The maximum Gasteiger partial charge on any atom is 0.255 e. The number of ether oxygens (including phenoxy) is 2. The molecular formula is C18H19IN2O4. The van der Waals surface area contributed by atoms with Crippen LogP contribution in [0.5, 0.6) is 5.75 Å². The molecule has 0 saturated heterocycles. The first kappa shape index (κ1) is 19.2. The number of benzene rings is 2. The van der Waals surface area contributed by atoms with Gasteiger partial charge in [-0.1, -0.05) is 12.1 Å². The Hall–Kier alpha value is -2.13. The molecule has 6 nitrogen and oxygen atoms in total. The van der Waals surface area contributed by atoms with Crippen molar-refractivity contribution in [2.45, 2.75) is 0 Å². The molecule has 2 rings (SSSR count). The fourth-order valence-corrected chi connectivity index (χ4v) is 2.89. The van der Waals surface area contributed by atoms with Gasteiger partial charge in [-0.2, -0.15) is 0 Å². The van der Waals surface area contributed by atoms with Crippen molar-refractivity contribution < 1.29 is 19.1 Å². The van der Waals surface area contributed by atoms with Crippen molar-refractivity contribution in [3.63, 3.8) is 0 Å². The average Bonchev–Trinajstić information content (AvgIpc) is 2.62. The summed E-state index contributed by atoms with van der Waals surface area (Å²) < 4.78 is 10.9. The minimum atomic E-state index is -0.294. The van der Waals surface area contributed by atoms with Crippen LogP contribution in [0.1, 0.15) is 20.7 Å². The van der Waals surface area contributed by atoms with Gasteiger partial charge < -0.3 is 20.1 Å². The normalized spacial score (nSPS) is 10.2. The number of hydrogen-bond donors (Lipinski definition) is 2. The third-order valence-corrected chi connectivity index (χ3v) is 4.27. The number of nitrogens with one attached hydrogen (secondary N) is 2. The summed E-state index contributed by atoms with van der Waals surface area (Å²) in [5, 5.41) is 5.53. The van der Waals surface area contributed by atoms with E-state index in [1.807, 2.05) is 0 Å². The van der Waals surface area contributed by atoms with E-state index in [-0.39, 0.29) is 11.8 Å².